The molecule has 44 heavy (non-hydrogen) atoms. The number of benzene rings is 3. The van der Waals surface area contributed by atoms with E-state index in [0.29, 0.717) is 22.0 Å². The van der Waals surface area contributed by atoms with Gasteiger partial charge in [0.15, 0.2) is 0 Å². The number of hydrogen-bond donors (Lipinski definition) is 1. The highest BCUT2D eigenvalue weighted by Gasteiger charge is 2.35. The Morgan fingerprint density at radius 1 is 0.909 bits per heavy atom. The van der Waals surface area contributed by atoms with Crippen molar-refractivity contribution in [1.82, 2.24) is 10.2 Å². The first-order valence-corrected chi connectivity index (χ1v) is 17.4. The number of sulfonamides is 1. The maximum Gasteiger partial charge on any atom is 0.264 e. The van der Waals surface area contributed by atoms with Crippen molar-refractivity contribution < 1.29 is 18.0 Å². The number of carbonyl (C=O) groups is 2. The molecule has 3 aromatic carbocycles. The quantitative estimate of drug-likeness (QED) is 0.220. The van der Waals surface area contributed by atoms with Crippen LogP contribution in [-0.4, -0.2) is 43.8 Å². The van der Waals surface area contributed by atoms with Crippen molar-refractivity contribution >= 4 is 73.9 Å². The Balaban J connectivity index is 1.75. The summed E-state index contributed by atoms with van der Waals surface area (Å²) in [7, 11) is -4.30. The highest BCUT2D eigenvalue weighted by atomic mass is 35.5. The minimum absolute atomic E-state index is 0.00594. The molecule has 0 radical (unpaired) electrons. The minimum Gasteiger partial charge on any atom is -0.352 e. The van der Waals surface area contributed by atoms with E-state index in [2.05, 4.69) is 5.32 Å². The van der Waals surface area contributed by atoms with Gasteiger partial charge in [-0.3, -0.25) is 13.9 Å². The predicted octanol–water partition coefficient (Wildman–Crippen LogP) is 8.06. The fourth-order valence-corrected chi connectivity index (χ4v) is 7.53. The molecular weight excluding hydrogens is 664 g/mol. The van der Waals surface area contributed by atoms with Crippen LogP contribution >= 0.6 is 46.4 Å². The summed E-state index contributed by atoms with van der Waals surface area (Å²) in [6.07, 6.45) is 5.23. The van der Waals surface area contributed by atoms with Gasteiger partial charge in [-0.15, -0.1) is 0 Å². The molecule has 0 bridgehead atoms. The first-order chi connectivity index (χ1) is 20.9. The second kappa shape index (κ2) is 15.2. The van der Waals surface area contributed by atoms with Crippen LogP contribution in [0.1, 0.15) is 56.6 Å². The van der Waals surface area contributed by atoms with Crippen molar-refractivity contribution in [2.75, 3.05) is 10.8 Å². The highest BCUT2D eigenvalue weighted by Crippen LogP contribution is 2.36. The van der Waals surface area contributed by atoms with Gasteiger partial charge in [0, 0.05) is 12.6 Å². The molecule has 1 atom stereocenters. The third-order valence-electron chi connectivity index (χ3n) is 7.76. The largest absolute Gasteiger partial charge is 0.352 e. The van der Waals surface area contributed by atoms with Crippen LogP contribution in [-0.2, 0) is 26.2 Å². The van der Waals surface area contributed by atoms with E-state index in [-0.39, 0.29) is 39.1 Å². The molecule has 1 fully saturated rings. The van der Waals surface area contributed by atoms with Crippen LogP contribution in [0.3, 0.4) is 0 Å². The number of hydrogen-bond acceptors (Lipinski definition) is 4. The average Bonchev–Trinajstić information content (AvgIpc) is 2.99. The van der Waals surface area contributed by atoms with Gasteiger partial charge in [0.05, 0.1) is 30.7 Å². The number of halogens is 4. The Labute approximate surface area is 279 Å². The van der Waals surface area contributed by atoms with E-state index in [9.17, 15) is 18.0 Å². The van der Waals surface area contributed by atoms with E-state index in [1.54, 1.807) is 36.4 Å². The molecule has 0 heterocycles. The van der Waals surface area contributed by atoms with Crippen LogP contribution in [0.25, 0.3) is 0 Å². The maximum atomic E-state index is 14.3. The standard InChI is InChI=1S/C32H35Cl4N3O4S/c1-3-28(32(41)37-23-8-5-4-6-9-23)38(19-22-14-17-25(33)27(35)18-22)30(40)20-39(29-11-7-10-26(34)31(29)36)44(42,43)24-15-12-21(2)13-16-24/h7,10-18,23,28H,3-6,8-9,19-20H2,1-2H3,(H,37,41)/t28-/m0/s1. The predicted molar refractivity (Wildman–Crippen MR) is 178 cm³/mol. The zero-order chi connectivity index (χ0) is 32.0. The molecule has 236 valence electrons. The lowest BCUT2D eigenvalue weighted by atomic mass is 9.95. The van der Waals surface area contributed by atoms with Gasteiger partial charge < -0.3 is 10.2 Å². The molecule has 0 saturated heterocycles. The first kappa shape index (κ1) is 34.4. The van der Waals surface area contributed by atoms with Crippen molar-refractivity contribution in [3.8, 4) is 0 Å². The first-order valence-electron chi connectivity index (χ1n) is 14.5. The number of rotatable bonds is 11. The average molecular weight is 700 g/mol. The van der Waals surface area contributed by atoms with Gasteiger partial charge in [-0.2, -0.15) is 0 Å². The number of nitrogens with zero attached hydrogens (tertiary/aromatic N) is 2. The molecule has 1 N–H and O–H groups in total. The lowest BCUT2D eigenvalue weighted by molar-refractivity contribution is -0.140. The Morgan fingerprint density at radius 3 is 2.23 bits per heavy atom. The fraction of sp³-hybridized carbons (Fsp3) is 0.375. The monoisotopic (exact) mass is 697 g/mol. The van der Waals surface area contributed by atoms with E-state index in [1.807, 2.05) is 13.8 Å². The molecule has 0 aliphatic heterocycles. The van der Waals surface area contributed by atoms with Gasteiger partial charge in [-0.25, -0.2) is 8.42 Å². The van der Waals surface area contributed by atoms with Crippen LogP contribution < -0.4 is 9.62 Å². The number of anilines is 1. The summed E-state index contributed by atoms with van der Waals surface area (Å²) in [5, 5.41) is 3.88. The van der Waals surface area contributed by atoms with Gasteiger partial charge in [0.1, 0.15) is 12.6 Å². The molecule has 7 nitrogen and oxygen atoms in total. The van der Waals surface area contributed by atoms with Crippen LogP contribution in [0.2, 0.25) is 20.1 Å². The summed E-state index contributed by atoms with van der Waals surface area (Å²) in [4.78, 5) is 29.4. The summed E-state index contributed by atoms with van der Waals surface area (Å²) in [6.45, 7) is 3.02. The van der Waals surface area contributed by atoms with Gasteiger partial charge in [-0.05, 0) is 68.1 Å². The third-order valence-corrected chi connectivity index (χ3v) is 11.1. The van der Waals surface area contributed by atoms with E-state index >= 15 is 0 Å². The van der Waals surface area contributed by atoms with Crippen LogP contribution in [0, 0.1) is 6.92 Å². The van der Waals surface area contributed by atoms with Gasteiger partial charge in [0.2, 0.25) is 11.8 Å². The molecule has 1 saturated carbocycles. The van der Waals surface area contributed by atoms with E-state index < -0.39 is 28.5 Å². The maximum absolute atomic E-state index is 14.3. The summed E-state index contributed by atoms with van der Waals surface area (Å²) in [5.74, 6) is -0.894. The zero-order valence-electron chi connectivity index (χ0n) is 24.5. The summed E-state index contributed by atoms with van der Waals surface area (Å²) >= 11 is 25.2. The number of amides is 2. The van der Waals surface area contributed by atoms with E-state index in [0.717, 1.165) is 42.0 Å². The summed E-state index contributed by atoms with van der Waals surface area (Å²) in [5.41, 5.74) is 1.54. The van der Waals surface area contributed by atoms with Crippen molar-refractivity contribution in [2.24, 2.45) is 0 Å². The lowest BCUT2D eigenvalue weighted by Crippen LogP contribution is -2.54. The van der Waals surface area contributed by atoms with E-state index in [4.69, 9.17) is 46.4 Å². The molecule has 1 aliphatic rings. The Morgan fingerprint density at radius 2 is 1.59 bits per heavy atom. The molecule has 3 aromatic rings. The lowest BCUT2D eigenvalue weighted by Gasteiger charge is -2.34. The van der Waals surface area contributed by atoms with Crippen LogP contribution in [0.15, 0.2) is 65.6 Å². The molecule has 4 rings (SSSR count). The number of aryl methyl sites for hydroxylation is 1. The minimum atomic E-state index is -4.30. The topological polar surface area (TPSA) is 86.8 Å². The Hall–Kier alpha value is -2.49. The third kappa shape index (κ3) is 8.20. The molecule has 0 aromatic heterocycles. The molecule has 12 heteroatoms. The fourth-order valence-electron chi connectivity index (χ4n) is 5.33. The van der Waals surface area contributed by atoms with Crippen molar-refractivity contribution in [1.29, 1.82) is 0 Å². The number of carbonyl (C=O) groups excluding carboxylic acids is 2. The SMILES string of the molecule is CC[C@@H](C(=O)NC1CCCCC1)N(Cc1ccc(Cl)c(Cl)c1)C(=O)CN(c1cccc(Cl)c1Cl)S(=O)(=O)c1ccc(C)cc1. The van der Waals surface area contributed by atoms with Gasteiger partial charge in [-0.1, -0.05) is 102 Å². The van der Waals surface area contributed by atoms with Gasteiger partial charge >= 0.3 is 0 Å². The van der Waals surface area contributed by atoms with Crippen LogP contribution in [0.5, 0.6) is 0 Å². The Bertz CT molecular complexity index is 1600. The second-order valence-electron chi connectivity index (χ2n) is 10.9. The molecule has 2 amide bonds. The molecular formula is C32H35Cl4N3O4S. The summed E-state index contributed by atoms with van der Waals surface area (Å²) < 4.78 is 29.1. The van der Waals surface area contributed by atoms with E-state index in [1.165, 1.54) is 29.2 Å². The normalized spacial score (nSPS) is 14.6. The zero-order valence-corrected chi connectivity index (χ0v) is 28.4. The summed E-state index contributed by atoms with van der Waals surface area (Å²) in [6, 6.07) is 15.0. The Kier molecular flexibility index (Phi) is 11.9. The second-order valence-corrected chi connectivity index (χ2v) is 14.4. The molecule has 1 aliphatic carbocycles. The molecule has 0 spiro atoms. The van der Waals surface area contributed by atoms with Crippen LogP contribution in [0.4, 0.5) is 5.69 Å². The van der Waals surface area contributed by atoms with Crippen molar-refractivity contribution in [2.45, 2.75) is 75.9 Å². The smallest absolute Gasteiger partial charge is 0.264 e. The molecule has 0 unspecified atom stereocenters. The number of nitrogens with one attached hydrogen (secondary N) is 1. The highest BCUT2D eigenvalue weighted by molar-refractivity contribution is 7.92. The van der Waals surface area contributed by atoms with Gasteiger partial charge in [0.25, 0.3) is 10.0 Å². The van der Waals surface area contributed by atoms with Crippen molar-refractivity contribution in [3.63, 3.8) is 0 Å². The van der Waals surface area contributed by atoms with Crippen molar-refractivity contribution in [3.05, 3.63) is 91.9 Å².